The second-order valence-corrected chi connectivity index (χ2v) is 6.56. The van der Waals surface area contributed by atoms with Crippen LogP contribution in [-0.2, 0) is 22.3 Å². The molecule has 1 atom stereocenters. The molecule has 1 aliphatic heterocycles. The lowest BCUT2D eigenvalue weighted by Gasteiger charge is -2.15. The number of fused-ring (bicyclic) bond motifs is 1. The molecule has 1 aromatic carbocycles. The number of hydrogen-bond acceptors (Lipinski definition) is 4. The first kappa shape index (κ1) is 18.1. The van der Waals surface area contributed by atoms with Crippen molar-refractivity contribution in [3.05, 3.63) is 48.2 Å². The molecule has 1 aliphatic rings. The molecule has 2 N–H and O–H groups in total. The highest BCUT2D eigenvalue weighted by Crippen LogP contribution is 2.29. The van der Waals surface area contributed by atoms with Gasteiger partial charge in [-0.05, 0) is 30.3 Å². The van der Waals surface area contributed by atoms with Gasteiger partial charge in [0.2, 0.25) is 17.6 Å². The summed E-state index contributed by atoms with van der Waals surface area (Å²) in [7, 11) is 0. The smallest absolute Gasteiger partial charge is 0.449 e. The minimum Gasteiger partial charge on any atom is -0.467 e. The Morgan fingerprint density at radius 3 is 2.89 bits per heavy atom. The molecule has 2 amide bonds. The van der Waals surface area contributed by atoms with Gasteiger partial charge in [-0.15, -0.1) is 0 Å². The number of benzene rings is 1. The second-order valence-electron chi connectivity index (χ2n) is 6.56. The summed E-state index contributed by atoms with van der Waals surface area (Å²) < 4.78 is 43.4. The number of carbonyl (C=O) groups excluding carboxylic acids is 2. The molecule has 3 heterocycles. The summed E-state index contributed by atoms with van der Waals surface area (Å²) in [6.45, 7) is 0.534. The Kier molecular flexibility index (Phi) is 4.33. The number of rotatable bonds is 4. The third-order valence-electron chi connectivity index (χ3n) is 4.53. The van der Waals surface area contributed by atoms with Crippen molar-refractivity contribution in [2.24, 2.45) is 5.92 Å². The second kappa shape index (κ2) is 6.70. The summed E-state index contributed by atoms with van der Waals surface area (Å²) in [5.74, 6) is -1.55. The van der Waals surface area contributed by atoms with Gasteiger partial charge in [-0.25, -0.2) is 4.98 Å². The maximum Gasteiger partial charge on any atom is 0.449 e. The van der Waals surface area contributed by atoms with Gasteiger partial charge < -0.3 is 19.6 Å². The van der Waals surface area contributed by atoms with Crippen molar-refractivity contribution in [3.63, 3.8) is 0 Å². The number of imidazole rings is 1. The predicted octanol–water partition coefficient (Wildman–Crippen LogP) is 3.16. The van der Waals surface area contributed by atoms with E-state index in [1.165, 1.54) is 29.4 Å². The standard InChI is InChI=1S/C18H15F3N4O3/c19-18(20,21)17-23-13-4-3-11(7-14(13)24-17)22-16(27)10-6-15(26)25(8-10)9-12-2-1-5-28-12/h1-5,7,10H,6,8-9H2,(H,22,27)(H,23,24)/t10-/m0/s1. The number of halogens is 3. The average molecular weight is 392 g/mol. The van der Waals surface area contributed by atoms with E-state index in [1.807, 2.05) is 0 Å². The van der Waals surface area contributed by atoms with Crippen LogP contribution in [0.1, 0.15) is 18.0 Å². The number of carbonyl (C=O) groups is 2. The molecule has 0 spiro atoms. The van der Waals surface area contributed by atoms with E-state index in [0.29, 0.717) is 11.4 Å². The van der Waals surface area contributed by atoms with E-state index >= 15 is 0 Å². The van der Waals surface area contributed by atoms with Gasteiger partial charge in [-0.3, -0.25) is 9.59 Å². The molecule has 10 heteroatoms. The third-order valence-corrected chi connectivity index (χ3v) is 4.53. The van der Waals surface area contributed by atoms with Gasteiger partial charge in [0.15, 0.2) is 0 Å². The number of amides is 2. The molecule has 0 bridgehead atoms. The molecule has 0 unspecified atom stereocenters. The fourth-order valence-corrected chi connectivity index (χ4v) is 3.16. The number of nitrogens with one attached hydrogen (secondary N) is 2. The van der Waals surface area contributed by atoms with E-state index in [9.17, 15) is 22.8 Å². The van der Waals surface area contributed by atoms with Gasteiger partial charge in [0.05, 0.1) is 29.8 Å². The first-order valence-electron chi connectivity index (χ1n) is 8.47. The van der Waals surface area contributed by atoms with Crippen LogP contribution < -0.4 is 5.32 Å². The average Bonchev–Trinajstić information content (AvgIpc) is 3.35. The first-order valence-corrected chi connectivity index (χ1v) is 8.47. The van der Waals surface area contributed by atoms with Crippen LogP contribution in [0.25, 0.3) is 11.0 Å². The van der Waals surface area contributed by atoms with Crippen LogP contribution in [0.4, 0.5) is 18.9 Å². The van der Waals surface area contributed by atoms with Crippen LogP contribution in [-0.4, -0.2) is 33.2 Å². The highest BCUT2D eigenvalue weighted by atomic mass is 19.4. The van der Waals surface area contributed by atoms with Crippen molar-refractivity contribution >= 4 is 28.5 Å². The van der Waals surface area contributed by atoms with Gasteiger partial charge in [-0.2, -0.15) is 13.2 Å². The quantitative estimate of drug-likeness (QED) is 0.714. The van der Waals surface area contributed by atoms with Crippen LogP contribution in [0, 0.1) is 5.92 Å². The molecule has 28 heavy (non-hydrogen) atoms. The number of furan rings is 1. The van der Waals surface area contributed by atoms with Crippen molar-refractivity contribution in [1.82, 2.24) is 14.9 Å². The summed E-state index contributed by atoms with van der Waals surface area (Å²) in [4.78, 5) is 31.8. The number of likely N-dealkylation sites (tertiary alicyclic amines) is 1. The summed E-state index contributed by atoms with van der Waals surface area (Å²) in [5.41, 5.74) is 0.630. The number of alkyl halides is 3. The van der Waals surface area contributed by atoms with E-state index in [-0.39, 0.29) is 42.4 Å². The molecule has 146 valence electrons. The lowest BCUT2D eigenvalue weighted by Crippen LogP contribution is -2.27. The number of nitrogens with zero attached hydrogens (tertiary/aromatic N) is 2. The van der Waals surface area contributed by atoms with Crippen molar-refractivity contribution in [2.45, 2.75) is 19.1 Å². The molecule has 1 saturated heterocycles. The minimum absolute atomic E-state index is 0.0665. The van der Waals surface area contributed by atoms with Crippen LogP contribution in [0.5, 0.6) is 0 Å². The van der Waals surface area contributed by atoms with Crippen molar-refractivity contribution in [2.75, 3.05) is 11.9 Å². The van der Waals surface area contributed by atoms with E-state index < -0.39 is 17.9 Å². The first-order chi connectivity index (χ1) is 13.3. The van der Waals surface area contributed by atoms with Crippen LogP contribution >= 0.6 is 0 Å². The predicted molar refractivity (Wildman–Crippen MR) is 92.0 cm³/mol. The molecule has 3 aromatic rings. The van der Waals surface area contributed by atoms with Crippen molar-refractivity contribution in [3.8, 4) is 0 Å². The Labute approximate surface area is 156 Å². The largest absolute Gasteiger partial charge is 0.467 e. The van der Waals surface area contributed by atoms with Crippen molar-refractivity contribution in [1.29, 1.82) is 0 Å². The monoisotopic (exact) mass is 392 g/mol. The van der Waals surface area contributed by atoms with Gasteiger partial charge >= 0.3 is 6.18 Å². The Morgan fingerprint density at radius 1 is 1.36 bits per heavy atom. The fraction of sp³-hybridized carbons (Fsp3) is 0.278. The highest BCUT2D eigenvalue weighted by Gasteiger charge is 2.36. The van der Waals surface area contributed by atoms with Gasteiger partial charge in [0.25, 0.3) is 0 Å². The molecular weight excluding hydrogens is 377 g/mol. The molecule has 7 nitrogen and oxygen atoms in total. The lowest BCUT2D eigenvalue weighted by molar-refractivity contribution is -0.144. The number of anilines is 1. The molecule has 0 radical (unpaired) electrons. The number of aromatic amines is 1. The zero-order valence-corrected chi connectivity index (χ0v) is 14.4. The maximum absolute atomic E-state index is 12.7. The normalized spacial score (nSPS) is 17.5. The number of aromatic nitrogens is 2. The van der Waals surface area contributed by atoms with Crippen LogP contribution in [0.15, 0.2) is 41.0 Å². The van der Waals surface area contributed by atoms with E-state index in [0.717, 1.165) is 0 Å². The SMILES string of the molecule is O=C(Nc1ccc2nc(C(F)(F)F)[nH]c2c1)[C@H]1CC(=O)N(Cc2ccco2)C1. The van der Waals surface area contributed by atoms with Gasteiger partial charge in [-0.1, -0.05) is 0 Å². The minimum atomic E-state index is -4.58. The molecule has 0 aliphatic carbocycles. The fourth-order valence-electron chi connectivity index (χ4n) is 3.16. The topological polar surface area (TPSA) is 91.2 Å². The summed E-state index contributed by atoms with van der Waals surface area (Å²) in [6.07, 6.45) is -3.00. The molecule has 1 fully saturated rings. The van der Waals surface area contributed by atoms with Crippen LogP contribution in [0.2, 0.25) is 0 Å². The third kappa shape index (κ3) is 3.57. The molecule has 0 saturated carbocycles. The Bertz CT molecular complexity index is 1030. The number of hydrogen-bond donors (Lipinski definition) is 2. The zero-order chi connectivity index (χ0) is 19.9. The van der Waals surface area contributed by atoms with Gasteiger partial charge in [0, 0.05) is 18.7 Å². The lowest BCUT2D eigenvalue weighted by atomic mass is 10.1. The Morgan fingerprint density at radius 2 is 2.18 bits per heavy atom. The summed E-state index contributed by atoms with van der Waals surface area (Å²) in [6, 6.07) is 7.70. The van der Waals surface area contributed by atoms with E-state index in [4.69, 9.17) is 4.42 Å². The van der Waals surface area contributed by atoms with E-state index in [1.54, 1.807) is 12.1 Å². The molecular formula is C18H15F3N4O3. The van der Waals surface area contributed by atoms with Crippen LogP contribution in [0.3, 0.4) is 0 Å². The number of H-pyrrole nitrogens is 1. The van der Waals surface area contributed by atoms with E-state index in [2.05, 4.69) is 15.3 Å². The Hall–Kier alpha value is -3.30. The molecule has 2 aromatic heterocycles. The van der Waals surface area contributed by atoms with Crippen molar-refractivity contribution < 1.29 is 27.2 Å². The Balaban J connectivity index is 1.44. The summed E-state index contributed by atoms with van der Waals surface area (Å²) >= 11 is 0. The zero-order valence-electron chi connectivity index (χ0n) is 14.4. The maximum atomic E-state index is 12.7. The summed E-state index contributed by atoms with van der Waals surface area (Å²) in [5, 5.41) is 2.65. The highest BCUT2D eigenvalue weighted by molar-refractivity contribution is 5.98. The molecule has 4 rings (SSSR count). The van der Waals surface area contributed by atoms with Gasteiger partial charge in [0.1, 0.15) is 5.76 Å².